The van der Waals surface area contributed by atoms with Crippen LogP contribution in [-0.2, 0) is 6.42 Å². The van der Waals surface area contributed by atoms with Crippen molar-refractivity contribution in [3.8, 4) is 0 Å². The molecule has 0 nitrogen and oxygen atoms in total. The topological polar surface area (TPSA) is 0 Å². The number of hydrogen-bond acceptors (Lipinski definition) is 0. The van der Waals surface area contributed by atoms with E-state index in [1.807, 2.05) is 0 Å². The van der Waals surface area contributed by atoms with E-state index in [-0.39, 0.29) is 0 Å². The lowest BCUT2D eigenvalue weighted by atomic mass is 9.87. The molecule has 1 aromatic rings. The van der Waals surface area contributed by atoms with Gasteiger partial charge in [0.1, 0.15) is 0 Å². The molecule has 3 rings (SSSR count). The summed E-state index contributed by atoms with van der Waals surface area (Å²) in [5.74, 6) is 1.36. The first-order valence-electron chi connectivity index (χ1n) is 5.71. The van der Waals surface area contributed by atoms with Gasteiger partial charge in [-0.15, -0.1) is 0 Å². The van der Waals surface area contributed by atoms with Gasteiger partial charge in [-0.25, -0.2) is 0 Å². The maximum Gasteiger partial charge on any atom is 0.00926 e. The van der Waals surface area contributed by atoms with Crippen LogP contribution in [0.2, 0.25) is 0 Å². The second kappa shape index (κ2) is 3.10. The number of rotatable bonds is 0. The molecule has 0 saturated heterocycles. The summed E-state index contributed by atoms with van der Waals surface area (Å²) >= 11 is 0. The standard InChI is InChI=1S/C15H16/c1-10-7-8-11(2)15-13-6-4-3-5-12(13)9-14(10)15/h3-8,12-13H,9H2,1-2H3. The van der Waals surface area contributed by atoms with E-state index in [0.29, 0.717) is 11.8 Å². The number of hydrogen-bond donors (Lipinski definition) is 0. The molecule has 15 heavy (non-hydrogen) atoms. The Kier molecular flexibility index (Phi) is 1.85. The van der Waals surface area contributed by atoms with Crippen LogP contribution in [0.15, 0.2) is 36.4 Å². The van der Waals surface area contributed by atoms with Crippen molar-refractivity contribution in [2.24, 2.45) is 5.92 Å². The predicted molar refractivity (Wildman–Crippen MR) is 64.1 cm³/mol. The van der Waals surface area contributed by atoms with Gasteiger partial charge in [0.2, 0.25) is 0 Å². The molecular weight excluding hydrogens is 180 g/mol. The zero-order valence-corrected chi connectivity index (χ0v) is 9.33. The Balaban J connectivity index is 2.20. The second-order valence-electron chi connectivity index (χ2n) is 4.76. The Morgan fingerprint density at radius 1 is 1.00 bits per heavy atom. The molecule has 1 aromatic carbocycles. The van der Waals surface area contributed by atoms with Gasteiger partial charge in [0.15, 0.2) is 0 Å². The minimum absolute atomic E-state index is 0.643. The first-order chi connectivity index (χ1) is 7.27. The minimum atomic E-state index is 0.643. The zero-order valence-electron chi connectivity index (χ0n) is 9.33. The van der Waals surface area contributed by atoms with E-state index in [1.54, 1.807) is 11.1 Å². The summed E-state index contributed by atoms with van der Waals surface area (Å²) in [7, 11) is 0. The molecule has 0 aliphatic heterocycles. The average molecular weight is 196 g/mol. The van der Waals surface area contributed by atoms with Crippen LogP contribution in [0.5, 0.6) is 0 Å². The molecule has 0 bridgehead atoms. The molecule has 0 N–H and O–H groups in total. The average Bonchev–Trinajstić information content (AvgIpc) is 2.64. The molecule has 0 saturated carbocycles. The molecule has 0 aromatic heterocycles. The Morgan fingerprint density at radius 2 is 1.73 bits per heavy atom. The van der Waals surface area contributed by atoms with Crippen LogP contribution in [0, 0.1) is 19.8 Å². The van der Waals surface area contributed by atoms with Crippen LogP contribution in [-0.4, -0.2) is 0 Å². The summed E-state index contributed by atoms with van der Waals surface area (Å²) < 4.78 is 0. The lowest BCUT2D eigenvalue weighted by Crippen LogP contribution is -2.05. The Morgan fingerprint density at radius 3 is 2.60 bits per heavy atom. The van der Waals surface area contributed by atoms with Crippen molar-refractivity contribution in [2.45, 2.75) is 26.2 Å². The molecule has 0 radical (unpaired) electrons. The number of benzene rings is 1. The summed E-state index contributed by atoms with van der Waals surface area (Å²) in [5, 5.41) is 0. The van der Waals surface area contributed by atoms with E-state index >= 15 is 0 Å². The second-order valence-corrected chi connectivity index (χ2v) is 4.76. The lowest BCUT2D eigenvalue weighted by Gasteiger charge is -2.17. The van der Waals surface area contributed by atoms with Gasteiger partial charge < -0.3 is 0 Å². The van der Waals surface area contributed by atoms with Crippen LogP contribution in [0.1, 0.15) is 28.2 Å². The molecule has 0 spiro atoms. The molecule has 76 valence electrons. The van der Waals surface area contributed by atoms with Crippen molar-refractivity contribution >= 4 is 0 Å². The van der Waals surface area contributed by atoms with Crippen molar-refractivity contribution in [2.75, 3.05) is 0 Å². The van der Waals surface area contributed by atoms with Crippen molar-refractivity contribution in [1.82, 2.24) is 0 Å². The van der Waals surface area contributed by atoms with Crippen LogP contribution in [0.3, 0.4) is 0 Å². The Labute approximate surface area is 91.3 Å². The summed E-state index contributed by atoms with van der Waals surface area (Å²) in [6.45, 7) is 4.48. The van der Waals surface area contributed by atoms with Gasteiger partial charge in [-0.2, -0.15) is 0 Å². The molecule has 0 fully saturated rings. The highest BCUT2D eigenvalue weighted by molar-refractivity contribution is 5.50. The molecule has 0 heteroatoms. The van der Waals surface area contributed by atoms with Gasteiger partial charge in [-0.1, -0.05) is 36.4 Å². The van der Waals surface area contributed by atoms with Gasteiger partial charge in [-0.05, 0) is 48.4 Å². The van der Waals surface area contributed by atoms with E-state index in [4.69, 9.17) is 0 Å². The fraction of sp³-hybridized carbons (Fsp3) is 0.333. The van der Waals surface area contributed by atoms with Gasteiger partial charge >= 0.3 is 0 Å². The summed E-state index contributed by atoms with van der Waals surface area (Å²) in [4.78, 5) is 0. The summed E-state index contributed by atoms with van der Waals surface area (Å²) in [6, 6.07) is 4.53. The maximum absolute atomic E-state index is 2.36. The molecule has 2 aliphatic carbocycles. The minimum Gasteiger partial charge on any atom is -0.0802 e. The SMILES string of the molecule is Cc1ccc(C)c2c1CC1C=CC=CC21. The highest BCUT2D eigenvalue weighted by atomic mass is 14.4. The molecular formula is C15H16. The van der Waals surface area contributed by atoms with Crippen molar-refractivity contribution in [3.05, 3.63) is 58.7 Å². The largest absolute Gasteiger partial charge is 0.0802 e. The fourth-order valence-electron chi connectivity index (χ4n) is 3.02. The number of aryl methyl sites for hydroxylation is 2. The number of allylic oxidation sites excluding steroid dienone is 4. The van der Waals surface area contributed by atoms with Crippen LogP contribution in [0.4, 0.5) is 0 Å². The van der Waals surface area contributed by atoms with Crippen LogP contribution >= 0.6 is 0 Å². The first kappa shape index (κ1) is 8.96. The lowest BCUT2D eigenvalue weighted by molar-refractivity contribution is 0.628. The van der Waals surface area contributed by atoms with E-state index in [9.17, 15) is 0 Å². The quantitative estimate of drug-likeness (QED) is 0.593. The Bertz CT molecular complexity index is 463. The molecule has 0 amide bonds. The molecule has 2 aliphatic rings. The van der Waals surface area contributed by atoms with Crippen molar-refractivity contribution < 1.29 is 0 Å². The monoisotopic (exact) mass is 196 g/mol. The first-order valence-corrected chi connectivity index (χ1v) is 5.71. The molecule has 2 unspecified atom stereocenters. The van der Waals surface area contributed by atoms with Crippen molar-refractivity contribution in [3.63, 3.8) is 0 Å². The maximum atomic E-state index is 2.36. The Hall–Kier alpha value is -1.30. The van der Waals surface area contributed by atoms with E-state index < -0.39 is 0 Å². The van der Waals surface area contributed by atoms with Gasteiger partial charge in [0.05, 0.1) is 0 Å². The zero-order chi connectivity index (χ0) is 10.4. The normalized spacial score (nSPS) is 26.5. The van der Waals surface area contributed by atoms with E-state index in [0.717, 1.165) is 0 Å². The third kappa shape index (κ3) is 1.21. The highest BCUT2D eigenvalue weighted by Gasteiger charge is 2.31. The molecule has 0 heterocycles. The third-order valence-corrected chi connectivity index (χ3v) is 3.83. The van der Waals surface area contributed by atoms with Crippen LogP contribution < -0.4 is 0 Å². The summed E-state index contributed by atoms with van der Waals surface area (Å²) in [6.07, 6.45) is 10.3. The fourth-order valence-corrected chi connectivity index (χ4v) is 3.02. The number of fused-ring (bicyclic) bond motifs is 3. The smallest absolute Gasteiger partial charge is 0.00926 e. The van der Waals surface area contributed by atoms with Gasteiger partial charge in [0, 0.05) is 5.92 Å². The summed E-state index contributed by atoms with van der Waals surface area (Å²) in [5.41, 5.74) is 6.12. The predicted octanol–water partition coefficient (Wildman–Crippen LogP) is 3.69. The molecule has 2 atom stereocenters. The van der Waals surface area contributed by atoms with Crippen LogP contribution in [0.25, 0.3) is 0 Å². The van der Waals surface area contributed by atoms with Crippen molar-refractivity contribution in [1.29, 1.82) is 0 Å². The van der Waals surface area contributed by atoms with Gasteiger partial charge in [0.25, 0.3) is 0 Å². The highest BCUT2D eigenvalue weighted by Crippen LogP contribution is 2.44. The third-order valence-electron chi connectivity index (χ3n) is 3.83. The van der Waals surface area contributed by atoms with E-state index in [1.165, 1.54) is 17.5 Å². The van der Waals surface area contributed by atoms with E-state index in [2.05, 4.69) is 50.3 Å². The van der Waals surface area contributed by atoms with Gasteiger partial charge in [-0.3, -0.25) is 0 Å².